The standard InChI is InChI=1S/C29H29N3O5/c1-36-26-15-9-8-12-23(26)20-25(22-10-4-2-5-11-22)28(34)37-21-27(33)31-16-18-32(19-17-31)29(35)30-24-13-6-3-7-14-24/h2-15,20H,16-19,21H2,1H3,(H,30,35)/b25-20+. The molecular formula is C29H29N3O5. The Labute approximate surface area is 216 Å². The van der Waals surface area contributed by atoms with Gasteiger partial charge in [0.05, 0.1) is 12.7 Å². The molecule has 0 saturated carbocycles. The van der Waals surface area contributed by atoms with E-state index in [0.717, 1.165) is 5.56 Å². The molecule has 0 radical (unpaired) electrons. The Morgan fingerprint density at radius 3 is 2.08 bits per heavy atom. The van der Waals surface area contributed by atoms with Gasteiger partial charge in [-0.25, -0.2) is 9.59 Å². The number of methoxy groups -OCH3 is 1. The summed E-state index contributed by atoms with van der Waals surface area (Å²) in [6.07, 6.45) is 1.70. The molecule has 3 amide bonds. The zero-order valence-corrected chi connectivity index (χ0v) is 20.6. The Morgan fingerprint density at radius 2 is 1.41 bits per heavy atom. The number of ether oxygens (including phenoxy) is 2. The summed E-state index contributed by atoms with van der Waals surface area (Å²) in [4.78, 5) is 41.6. The molecule has 1 heterocycles. The van der Waals surface area contributed by atoms with Gasteiger partial charge < -0.3 is 24.6 Å². The lowest BCUT2D eigenvalue weighted by atomic mass is 10.0. The van der Waals surface area contributed by atoms with E-state index in [9.17, 15) is 14.4 Å². The van der Waals surface area contributed by atoms with Crippen molar-refractivity contribution in [1.82, 2.24) is 9.80 Å². The van der Waals surface area contributed by atoms with Crippen molar-refractivity contribution in [3.8, 4) is 5.75 Å². The summed E-state index contributed by atoms with van der Waals surface area (Å²) in [5.74, 6) is -0.290. The first kappa shape index (κ1) is 25.5. The number of rotatable bonds is 7. The summed E-state index contributed by atoms with van der Waals surface area (Å²) in [6.45, 7) is 1.12. The molecule has 1 N–H and O–H groups in total. The number of esters is 1. The van der Waals surface area contributed by atoms with Crippen molar-refractivity contribution in [2.45, 2.75) is 0 Å². The second-order valence-electron chi connectivity index (χ2n) is 8.41. The van der Waals surface area contributed by atoms with Crippen LogP contribution in [0.15, 0.2) is 84.9 Å². The zero-order chi connectivity index (χ0) is 26.0. The molecule has 0 aliphatic carbocycles. The Hall–Kier alpha value is -4.59. The van der Waals surface area contributed by atoms with Crippen LogP contribution in [-0.2, 0) is 14.3 Å². The minimum atomic E-state index is -0.605. The van der Waals surface area contributed by atoms with Crippen molar-refractivity contribution in [3.05, 3.63) is 96.1 Å². The highest BCUT2D eigenvalue weighted by Gasteiger charge is 2.25. The number of anilines is 1. The van der Waals surface area contributed by atoms with E-state index in [-0.39, 0.29) is 18.5 Å². The number of para-hydroxylation sites is 2. The average molecular weight is 500 g/mol. The van der Waals surface area contributed by atoms with Gasteiger partial charge in [0.15, 0.2) is 6.61 Å². The number of nitrogens with one attached hydrogen (secondary N) is 1. The molecule has 1 fully saturated rings. The fourth-order valence-electron chi connectivity index (χ4n) is 4.00. The number of carbonyl (C=O) groups is 3. The first-order valence-electron chi connectivity index (χ1n) is 12.0. The number of amides is 3. The predicted octanol–water partition coefficient (Wildman–Crippen LogP) is 4.16. The quantitative estimate of drug-likeness (QED) is 0.300. The minimum Gasteiger partial charge on any atom is -0.496 e. The predicted molar refractivity (Wildman–Crippen MR) is 142 cm³/mol. The maximum absolute atomic E-state index is 13.1. The average Bonchev–Trinajstić information content (AvgIpc) is 2.95. The van der Waals surface area contributed by atoms with Crippen LogP contribution in [0.25, 0.3) is 11.6 Å². The van der Waals surface area contributed by atoms with Crippen LogP contribution >= 0.6 is 0 Å². The molecule has 0 atom stereocenters. The fourth-order valence-corrected chi connectivity index (χ4v) is 4.00. The van der Waals surface area contributed by atoms with Gasteiger partial charge in [0.1, 0.15) is 5.75 Å². The third-order valence-corrected chi connectivity index (χ3v) is 6.01. The summed E-state index contributed by atoms with van der Waals surface area (Å²) in [5.41, 5.74) is 2.43. The van der Waals surface area contributed by atoms with E-state index in [4.69, 9.17) is 9.47 Å². The number of urea groups is 1. The molecular weight excluding hydrogens is 470 g/mol. The van der Waals surface area contributed by atoms with Crippen LogP contribution in [0.3, 0.4) is 0 Å². The van der Waals surface area contributed by atoms with Gasteiger partial charge in [-0.3, -0.25) is 4.79 Å². The summed E-state index contributed by atoms with van der Waals surface area (Å²) in [5, 5.41) is 2.85. The minimum absolute atomic E-state index is 0.210. The first-order valence-corrected chi connectivity index (χ1v) is 12.0. The molecule has 3 aromatic carbocycles. The zero-order valence-electron chi connectivity index (χ0n) is 20.6. The van der Waals surface area contributed by atoms with Gasteiger partial charge in [0.2, 0.25) is 0 Å². The van der Waals surface area contributed by atoms with Crippen LogP contribution in [0, 0.1) is 0 Å². The Bertz CT molecular complexity index is 1250. The van der Waals surface area contributed by atoms with E-state index in [2.05, 4.69) is 5.32 Å². The van der Waals surface area contributed by atoms with Crippen LogP contribution in [0.1, 0.15) is 11.1 Å². The molecule has 8 nitrogen and oxygen atoms in total. The molecule has 0 bridgehead atoms. The fraction of sp³-hybridized carbons (Fsp3) is 0.207. The van der Waals surface area contributed by atoms with Crippen LogP contribution in [0.4, 0.5) is 10.5 Å². The number of piperazine rings is 1. The van der Waals surface area contributed by atoms with Crippen molar-refractivity contribution < 1.29 is 23.9 Å². The van der Waals surface area contributed by atoms with Crippen molar-refractivity contribution in [2.75, 3.05) is 45.2 Å². The van der Waals surface area contributed by atoms with Gasteiger partial charge in [0, 0.05) is 37.4 Å². The van der Waals surface area contributed by atoms with E-state index < -0.39 is 5.97 Å². The molecule has 8 heteroatoms. The molecule has 4 rings (SSSR count). The van der Waals surface area contributed by atoms with Crippen molar-refractivity contribution in [1.29, 1.82) is 0 Å². The second kappa shape index (κ2) is 12.4. The third-order valence-electron chi connectivity index (χ3n) is 6.01. The highest BCUT2D eigenvalue weighted by atomic mass is 16.5. The Kier molecular flexibility index (Phi) is 8.54. The van der Waals surface area contributed by atoms with Crippen molar-refractivity contribution in [3.63, 3.8) is 0 Å². The molecule has 0 aromatic heterocycles. The van der Waals surface area contributed by atoms with Gasteiger partial charge >= 0.3 is 12.0 Å². The number of benzene rings is 3. The summed E-state index contributed by atoms with van der Waals surface area (Å²) < 4.78 is 10.8. The molecule has 1 aliphatic rings. The second-order valence-corrected chi connectivity index (χ2v) is 8.41. The molecule has 0 unspecified atom stereocenters. The molecule has 37 heavy (non-hydrogen) atoms. The van der Waals surface area contributed by atoms with E-state index in [1.165, 1.54) is 0 Å². The van der Waals surface area contributed by atoms with E-state index >= 15 is 0 Å². The lowest BCUT2D eigenvalue weighted by Gasteiger charge is -2.34. The summed E-state index contributed by atoms with van der Waals surface area (Å²) in [6, 6.07) is 25.5. The lowest BCUT2D eigenvalue weighted by Crippen LogP contribution is -2.52. The monoisotopic (exact) mass is 499 g/mol. The van der Waals surface area contributed by atoms with E-state index in [1.807, 2.05) is 84.9 Å². The smallest absolute Gasteiger partial charge is 0.339 e. The van der Waals surface area contributed by atoms with E-state index in [0.29, 0.717) is 48.8 Å². The Morgan fingerprint density at radius 1 is 0.811 bits per heavy atom. The topological polar surface area (TPSA) is 88.2 Å². The molecule has 1 aliphatic heterocycles. The number of hydrogen-bond donors (Lipinski definition) is 1. The molecule has 0 spiro atoms. The highest BCUT2D eigenvalue weighted by molar-refractivity contribution is 6.22. The lowest BCUT2D eigenvalue weighted by molar-refractivity contribution is -0.148. The normalized spacial score (nSPS) is 13.6. The van der Waals surface area contributed by atoms with Gasteiger partial charge in [-0.15, -0.1) is 0 Å². The van der Waals surface area contributed by atoms with Gasteiger partial charge in [-0.2, -0.15) is 0 Å². The van der Waals surface area contributed by atoms with Crippen molar-refractivity contribution >= 4 is 35.2 Å². The number of hydrogen-bond acceptors (Lipinski definition) is 5. The van der Waals surface area contributed by atoms with Gasteiger partial charge in [0.25, 0.3) is 5.91 Å². The summed E-state index contributed by atoms with van der Waals surface area (Å²) in [7, 11) is 1.57. The van der Waals surface area contributed by atoms with Crippen molar-refractivity contribution in [2.24, 2.45) is 0 Å². The highest BCUT2D eigenvalue weighted by Crippen LogP contribution is 2.25. The number of carbonyl (C=O) groups excluding carboxylic acids is 3. The SMILES string of the molecule is COc1ccccc1/C=C(/C(=O)OCC(=O)N1CCN(C(=O)Nc2ccccc2)CC1)c1ccccc1. The first-order chi connectivity index (χ1) is 18.0. The largest absolute Gasteiger partial charge is 0.496 e. The van der Waals surface area contributed by atoms with Crippen LogP contribution in [-0.4, -0.2) is 67.6 Å². The van der Waals surface area contributed by atoms with Crippen LogP contribution in [0.2, 0.25) is 0 Å². The van der Waals surface area contributed by atoms with Crippen LogP contribution in [0.5, 0.6) is 5.75 Å². The van der Waals surface area contributed by atoms with Crippen LogP contribution < -0.4 is 10.1 Å². The third kappa shape index (κ3) is 6.76. The molecule has 3 aromatic rings. The van der Waals surface area contributed by atoms with E-state index in [1.54, 1.807) is 23.0 Å². The maximum atomic E-state index is 13.1. The van der Waals surface area contributed by atoms with Gasteiger partial charge in [-0.1, -0.05) is 66.7 Å². The summed E-state index contributed by atoms with van der Waals surface area (Å²) >= 11 is 0. The molecule has 1 saturated heterocycles. The number of nitrogens with zero attached hydrogens (tertiary/aromatic N) is 2. The maximum Gasteiger partial charge on any atom is 0.339 e. The van der Waals surface area contributed by atoms with Gasteiger partial charge in [-0.05, 0) is 29.8 Å². The Balaban J connectivity index is 1.35. The molecule has 190 valence electrons.